The summed E-state index contributed by atoms with van der Waals surface area (Å²) in [5.41, 5.74) is 1.08. The monoisotopic (exact) mass is 234 g/mol. The van der Waals surface area contributed by atoms with Crippen LogP contribution < -0.4 is 9.47 Å². The zero-order valence-electron chi connectivity index (χ0n) is 10.5. The highest BCUT2D eigenvalue weighted by atomic mass is 16.5. The van der Waals surface area contributed by atoms with Crippen LogP contribution in [0.5, 0.6) is 11.5 Å². The molecule has 0 N–H and O–H groups in total. The molecular weight excluding hydrogens is 216 g/mol. The van der Waals surface area contributed by atoms with Gasteiger partial charge in [0.2, 0.25) is 0 Å². The summed E-state index contributed by atoms with van der Waals surface area (Å²) >= 11 is 0. The molecule has 17 heavy (non-hydrogen) atoms. The third kappa shape index (κ3) is 2.60. The van der Waals surface area contributed by atoms with Crippen molar-refractivity contribution in [2.24, 2.45) is 0 Å². The fourth-order valence-corrected chi connectivity index (χ4v) is 1.92. The number of hydrogen-bond donors (Lipinski definition) is 0. The van der Waals surface area contributed by atoms with Crippen LogP contribution in [0.3, 0.4) is 0 Å². The number of carbonyl (C=O) groups excluding carboxylic acids is 1. The van der Waals surface area contributed by atoms with Gasteiger partial charge in [-0.2, -0.15) is 0 Å². The second kappa shape index (κ2) is 4.78. The Balaban J connectivity index is 2.24. The Morgan fingerprint density at radius 3 is 3.00 bits per heavy atom. The van der Waals surface area contributed by atoms with Gasteiger partial charge in [-0.15, -0.1) is 0 Å². The minimum absolute atomic E-state index is 0.161. The van der Waals surface area contributed by atoms with Gasteiger partial charge in [-0.25, -0.2) is 0 Å². The van der Waals surface area contributed by atoms with Gasteiger partial charge in [-0.05, 0) is 30.9 Å². The lowest BCUT2D eigenvalue weighted by Crippen LogP contribution is -2.19. The fourth-order valence-electron chi connectivity index (χ4n) is 1.92. The van der Waals surface area contributed by atoms with Gasteiger partial charge in [0.05, 0.1) is 12.5 Å². The third-order valence-electron chi connectivity index (χ3n) is 3.12. The van der Waals surface area contributed by atoms with Crippen molar-refractivity contribution in [3.8, 4) is 11.5 Å². The van der Waals surface area contributed by atoms with Crippen LogP contribution in [0.4, 0.5) is 0 Å². The number of esters is 1. The maximum Gasteiger partial charge on any atom is 0.311 e. The molecular formula is C14H18O3. The number of fused-ring (bicyclic) bond motifs is 1. The minimum atomic E-state index is -0.161. The van der Waals surface area contributed by atoms with Crippen LogP contribution in [0, 0.1) is 0 Å². The average molecular weight is 234 g/mol. The molecule has 0 aromatic heterocycles. The second-order valence-corrected chi connectivity index (χ2v) is 4.62. The molecule has 0 spiro atoms. The van der Waals surface area contributed by atoms with E-state index in [9.17, 15) is 4.79 Å². The molecule has 0 saturated heterocycles. The molecule has 3 heteroatoms. The first-order valence-corrected chi connectivity index (χ1v) is 6.11. The predicted octanol–water partition coefficient (Wildman–Crippen LogP) is 3.28. The molecule has 1 aromatic carbocycles. The van der Waals surface area contributed by atoms with Crippen LogP contribution in [0.2, 0.25) is 0 Å². The third-order valence-corrected chi connectivity index (χ3v) is 3.12. The number of carbonyl (C=O) groups is 1. The number of rotatable bonds is 3. The lowest BCUT2D eigenvalue weighted by Gasteiger charge is -2.22. The van der Waals surface area contributed by atoms with Crippen molar-refractivity contribution in [2.45, 2.75) is 45.6 Å². The molecule has 0 fully saturated rings. The maximum atomic E-state index is 11.4. The van der Waals surface area contributed by atoms with Crippen LogP contribution in [0.1, 0.15) is 45.1 Å². The number of benzene rings is 1. The number of hydrogen-bond acceptors (Lipinski definition) is 3. The van der Waals surface area contributed by atoms with Crippen LogP contribution in [-0.2, 0) is 4.79 Å². The van der Waals surface area contributed by atoms with Gasteiger partial charge >= 0.3 is 5.97 Å². The molecule has 2 rings (SSSR count). The Kier molecular flexibility index (Phi) is 3.36. The number of ether oxygens (including phenoxy) is 2. The summed E-state index contributed by atoms with van der Waals surface area (Å²) in [5.74, 6) is 1.48. The molecule has 1 aliphatic heterocycles. The molecule has 2 unspecified atom stereocenters. The van der Waals surface area contributed by atoms with Crippen LogP contribution in [0.25, 0.3) is 0 Å². The van der Waals surface area contributed by atoms with Crippen LogP contribution >= 0.6 is 0 Å². The second-order valence-electron chi connectivity index (χ2n) is 4.62. The molecule has 0 aliphatic carbocycles. The molecule has 0 bridgehead atoms. The minimum Gasteiger partial charge on any atom is -0.491 e. The van der Waals surface area contributed by atoms with Gasteiger partial charge < -0.3 is 9.47 Å². The van der Waals surface area contributed by atoms with Crippen molar-refractivity contribution in [3.05, 3.63) is 23.8 Å². The summed E-state index contributed by atoms with van der Waals surface area (Å²) in [5, 5.41) is 0. The van der Waals surface area contributed by atoms with E-state index in [0.29, 0.717) is 12.2 Å². The molecule has 1 heterocycles. The van der Waals surface area contributed by atoms with Crippen molar-refractivity contribution in [1.82, 2.24) is 0 Å². The predicted molar refractivity (Wildman–Crippen MR) is 65.5 cm³/mol. The Morgan fingerprint density at radius 1 is 1.53 bits per heavy atom. The van der Waals surface area contributed by atoms with E-state index in [1.165, 1.54) is 0 Å². The highest BCUT2D eigenvalue weighted by Gasteiger charge is 2.24. The van der Waals surface area contributed by atoms with Gasteiger partial charge in [-0.3, -0.25) is 4.79 Å². The first kappa shape index (κ1) is 12.0. The molecule has 1 aromatic rings. The molecule has 1 aliphatic rings. The van der Waals surface area contributed by atoms with E-state index < -0.39 is 0 Å². The van der Waals surface area contributed by atoms with Crippen molar-refractivity contribution in [2.75, 3.05) is 0 Å². The quantitative estimate of drug-likeness (QED) is 0.594. The fraction of sp³-hybridized carbons (Fsp3) is 0.500. The maximum absolute atomic E-state index is 11.4. The Labute approximate surface area is 102 Å². The van der Waals surface area contributed by atoms with Crippen molar-refractivity contribution in [1.29, 1.82) is 0 Å². The van der Waals surface area contributed by atoms with Gasteiger partial charge in [0.25, 0.3) is 0 Å². The highest BCUT2D eigenvalue weighted by Crippen LogP contribution is 2.36. The molecule has 0 saturated carbocycles. The van der Waals surface area contributed by atoms with E-state index in [4.69, 9.17) is 9.47 Å². The average Bonchev–Trinajstić information content (AvgIpc) is 2.28. The normalized spacial score (nSPS) is 20.4. The Hall–Kier alpha value is -1.51. The van der Waals surface area contributed by atoms with E-state index in [2.05, 4.69) is 6.92 Å². The largest absolute Gasteiger partial charge is 0.491 e. The molecule has 92 valence electrons. The van der Waals surface area contributed by atoms with Crippen LogP contribution in [-0.4, -0.2) is 12.1 Å². The lowest BCUT2D eigenvalue weighted by molar-refractivity contribution is -0.135. The van der Waals surface area contributed by atoms with E-state index in [-0.39, 0.29) is 18.0 Å². The first-order chi connectivity index (χ1) is 8.10. The lowest BCUT2D eigenvalue weighted by atomic mass is 9.95. The summed E-state index contributed by atoms with van der Waals surface area (Å²) in [6, 6.07) is 5.75. The standard InChI is InChI=1S/C14H18O3/c1-4-10(3)16-11-5-6-12-9(2)7-14(15)17-13(12)8-11/h5-6,8-10H,4,7H2,1-3H3. The summed E-state index contributed by atoms with van der Waals surface area (Å²) in [7, 11) is 0. The van der Waals surface area contributed by atoms with Crippen molar-refractivity contribution in [3.63, 3.8) is 0 Å². The van der Waals surface area contributed by atoms with E-state index in [1.54, 1.807) is 0 Å². The summed E-state index contributed by atoms with van der Waals surface area (Å²) < 4.78 is 10.9. The van der Waals surface area contributed by atoms with Crippen molar-refractivity contribution >= 4 is 5.97 Å². The van der Waals surface area contributed by atoms with E-state index in [1.807, 2.05) is 32.0 Å². The van der Waals surface area contributed by atoms with Gasteiger partial charge in [-0.1, -0.05) is 19.9 Å². The van der Waals surface area contributed by atoms with E-state index >= 15 is 0 Å². The molecule has 3 nitrogen and oxygen atoms in total. The van der Waals surface area contributed by atoms with Crippen LogP contribution in [0.15, 0.2) is 18.2 Å². The highest BCUT2D eigenvalue weighted by molar-refractivity contribution is 5.76. The van der Waals surface area contributed by atoms with E-state index in [0.717, 1.165) is 17.7 Å². The van der Waals surface area contributed by atoms with Gasteiger partial charge in [0, 0.05) is 6.07 Å². The molecule has 0 radical (unpaired) electrons. The SMILES string of the molecule is CCC(C)Oc1ccc2c(c1)OC(=O)CC2C. The summed E-state index contributed by atoms with van der Waals surface area (Å²) in [4.78, 5) is 11.4. The Morgan fingerprint density at radius 2 is 2.29 bits per heavy atom. The summed E-state index contributed by atoms with van der Waals surface area (Å²) in [6.07, 6.45) is 1.58. The zero-order valence-corrected chi connectivity index (χ0v) is 10.5. The first-order valence-electron chi connectivity index (χ1n) is 6.11. The van der Waals surface area contributed by atoms with Crippen molar-refractivity contribution < 1.29 is 14.3 Å². The van der Waals surface area contributed by atoms with Gasteiger partial charge in [0.1, 0.15) is 11.5 Å². The smallest absolute Gasteiger partial charge is 0.311 e. The molecule has 0 amide bonds. The Bertz CT molecular complexity index is 425. The molecule has 2 atom stereocenters. The van der Waals surface area contributed by atoms with Gasteiger partial charge in [0.15, 0.2) is 0 Å². The summed E-state index contributed by atoms with van der Waals surface area (Å²) in [6.45, 7) is 6.13. The topological polar surface area (TPSA) is 35.5 Å². The zero-order chi connectivity index (χ0) is 12.4.